The minimum atomic E-state index is 0.519. The average Bonchev–Trinajstić information content (AvgIpc) is 3.22. The maximum atomic E-state index is 5.59. The molecular weight excluding hydrogens is 332 g/mol. The van der Waals surface area contributed by atoms with Gasteiger partial charge in [0.2, 0.25) is 5.95 Å². The van der Waals surface area contributed by atoms with Gasteiger partial charge in [-0.25, -0.2) is 9.97 Å². The Kier molecular flexibility index (Phi) is 6.83. The Bertz CT molecular complexity index is 654. The number of rotatable bonds is 7. The van der Waals surface area contributed by atoms with Gasteiger partial charge in [-0.3, -0.25) is 4.99 Å². The third kappa shape index (κ3) is 5.19. The lowest BCUT2D eigenvalue weighted by molar-refractivity contribution is 0.104. The molecule has 1 aliphatic rings. The zero-order valence-electron chi connectivity index (χ0n) is 15.2. The van der Waals surface area contributed by atoms with Gasteiger partial charge in [-0.1, -0.05) is 0 Å². The molecule has 8 heteroatoms. The van der Waals surface area contributed by atoms with Gasteiger partial charge in [-0.05, 0) is 24.6 Å². The molecule has 0 saturated carbocycles. The maximum Gasteiger partial charge on any atom is 0.225 e. The van der Waals surface area contributed by atoms with Crippen molar-refractivity contribution in [1.29, 1.82) is 0 Å². The van der Waals surface area contributed by atoms with Gasteiger partial charge in [0.05, 0.1) is 6.26 Å². The summed E-state index contributed by atoms with van der Waals surface area (Å²) >= 11 is 0. The molecule has 0 atom stereocenters. The number of hydrogen-bond acceptors (Lipinski definition) is 6. The van der Waals surface area contributed by atoms with Gasteiger partial charge < -0.3 is 24.3 Å². The van der Waals surface area contributed by atoms with Crippen molar-refractivity contribution < 1.29 is 9.15 Å². The van der Waals surface area contributed by atoms with Crippen molar-refractivity contribution >= 4 is 11.9 Å². The number of furan rings is 1. The second-order valence-corrected chi connectivity index (χ2v) is 5.98. The summed E-state index contributed by atoms with van der Waals surface area (Å²) in [6, 6.07) is 5.62. The first-order chi connectivity index (χ1) is 12.9. The van der Waals surface area contributed by atoms with Crippen LogP contribution >= 0.6 is 0 Å². The Morgan fingerprint density at radius 1 is 1.23 bits per heavy atom. The highest BCUT2D eigenvalue weighted by Gasteiger charge is 2.20. The quantitative estimate of drug-likeness (QED) is 0.455. The fourth-order valence-electron chi connectivity index (χ4n) is 2.85. The molecule has 140 valence electrons. The van der Waals surface area contributed by atoms with Crippen LogP contribution in [-0.2, 0) is 11.3 Å². The molecule has 3 heterocycles. The summed E-state index contributed by atoms with van der Waals surface area (Å²) in [6.07, 6.45) is 6.14. The number of nitrogens with zero attached hydrogens (tertiary/aromatic N) is 5. The molecule has 0 spiro atoms. The lowest BCUT2D eigenvalue weighted by atomic mass is 10.3. The van der Waals surface area contributed by atoms with Crippen LogP contribution in [0.15, 0.2) is 46.3 Å². The van der Waals surface area contributed by atoms with E-state index < -0.39 is 0 Å². The summed E-state index contributed by atoms with van der Waals surface area (Å²) < 4.78 is 10.8. The van der Waals surface area contributed by atoms with E-state index in [1.165, 1.54) is 0 Å². The SMILES string of the molecule is CN=C(NCCCOCc1ccco1)N1CCN(c2ncccn2)CC1. The zero-order valence-corrected chi connectivity index (χ0v) is 15.2. The summed E-state index contributed by atoms with van der Waals surface area (Å²) in [6.45, 7) is 5.59. The number of anilines is 1. The molecule has 2 aromatic rings. The second-order valence-electron chi connectivity index (χ2n) is 5.98. The standard InChI is InChI=1S/C18H26N6O2/c1-19-17(20-8-4-13-25-15-16-5-2-14-26-16)23-9-11-24(12-10-23)18-21-6-3-7-22-18/h2-3,5-7,14H,4,8-13,15H2,1H3,(H,19,20). The van der Waals surface area contributed by atoms with E-state index >= 15 is 0 Å². The molecule has 0 radical (unpaired) electrons. The first kappa shape index (κ1) is 18.2. The van der Waals surface area contributed by atoms with Crippen LogP contribution in [0.25, 0.3) is 0 Å². The molecule has 0 unspecified atom stereocenters. The maximum absolute atomic E-state index is 5.59. The zero-order chi connectivity index (χ0) is 18.0. The predicted molar refractivity (Wildman–Crippen MR) is 100 cm³/mol. The Morgan fingerprint density at radius 2 is 2.04 bits per heavy atom. The largest absolute Gasteiger partial charge is 0.467 e. The van der Waals surface area contributed by atoms with E-state index in [4.69, 9.17) is 9.15 Å². The number of hydrogen-bond donors (Lipinski definition) is 1. The summed E-state index contributed by atoms with van der Waals surface area (Å²) in [5.74, 6) is 2.59. The van der Waals surface area contributed by atoms with Gasteiger partial charge in [0.15, 0.2) is 5.96 Å². The molecule has 1 aliphatic heterocycles. The minimum absolute atomic E-state index is 0.519. The monoisotopic (exact) mass is 358 g/mol. The predicted octanol–water partition coefficient (Wildman–Crippen LogP) is 1.37. The van der Waals surface area contributed by atoms with Crippen LogP contribution in [0.3, 0.4) is 0 Å². The highest BCUT2D eigenvalue weighted by Crippen LogP contribution is 2.09. The molecule has 0 aromatic carbocycles. The summed E-state index contributed by atoms with van der Waals surface area (Å²) in [5, 5.41) is 3.41. The van der Waals surface area contributed by atoms with Crippen LogP contribution in [0.1, 0.15) is 12.2 Å². The number of aliphatic imine (C=N–C) groups is 1. The fourth-order valence-corrected chi connectivity index (χ4v) is 2.85. The first-order valence-corrected chi connectivity index (χ1v) is 8.94. The van der Waals surface area contributed by atoms with E-state index in [0.29, 0.717) is 13.2 Å². The lowest BCUT2D eigenvalue weighted by Crippen LogP contribution is -2.53. The number of nitrogens with one attached hydrogen (secondary N) is 1. The van der Waals surface area contributed by atoms with Crippen LogP contribution in [0.5, 0.6) is 0 Å². The summed E-state index contributed by atoms with van der Waals surface area (Å²) in [5.41, 5.74) is 0. The third-order valence-corrected chi connectivity index (χ3v) is 4.20. The van der Waals surface area contributed by atoms with Crippen molar-refractivity contribution in [3.8, 4) is 0 Å². The van der Waals surface area contributed by atoms with Crippen LogP contribution in [-0.4, -0.2) is 67.2 Å². The lowest BCUT2D eigenvalue weighted by Gasteiger charge is -2.36. The van der Waals surface area contributed by atoms with Gasteiger partial charge in [-0.2, -0.15) is 0 Å². The van der Waals surface area contributed by atoms with Crippen LogP contribution in [0, 0.1) is 0 Å². The van der Waals surface area contributed by atoms with E-state index in [2.05, 4.69) is 30.1 Å². The Morgan fingerprint density at radius 3 is 2.73 bits per heavy atom. The van der Waals surface area contributed by atoms with Gasteiger partial charge in [-0.15, -0.1) is 0 Å². The Hall–Kier alpha value is -2.61. The van der Waals surface area contributed by atoms with Crippen molar-refractivity contribution in [3.05, 3.63) is 42.6 Å². The van der Waals surface area contributed by atoms with Gasteiger partial charge in [0.1, 0.15) is 12.4 Å². The van der Waals surface area contributed by atoms with Crippen molar-refractivity contribution in [2.75, 3.05) is 51.3 Å². The average molecular weight is 358 g/mol. The Balaban J connectivity index is 1.33. The molecule has 1 N–H and O–H groups in total. The molecule has 0 bridgehead atoms. The number of ether oxygens (including phenoxy) is 1. The van der Waals surface area contributed by atoms with Crippen molar-refractivity contribution in [3.63, 3.8) is 0 Å². The van der Waals surface area contributed by atoms with Crippen LogP contribution in [0.2, 0.25) is 0 Å². The fraction of sp³-hybridized carbons (Fsp3) is 0.500. The van der Waals surface area contributed by atoms with E-state index in [1.54, 1.807) is 18.7 Å². The van der Waals surface area contributed by atoms with Crippen molar-refractivity contribution in [2.24, 2.45) is 4.99 Å². The summed E-state index contributed by atoms with van der Waals surface area (Å²) in [7, 11) is 1.82. The van der Waals surface area contributed by atoms with Crippen LogP contribution in [0.4, 0.5) is 5.95 Å². The Labute approximate surface area is 153 Å². The smallest absolute Gasteiger partial charge is 0.225 e. The second kappa shape index (κ2) is 9.76. The molecule has 3 rings (SSSR count). The van der Waals surface area contributed by atoms with Crippen molar-refractivity contribution in [2.45, 2.75) is 13.0 Å². The van der Waals surface area contributed by atoms with E-state index in [9.17, 15) is 0 Å². The number of aromatic nitrogens is 2. The normalized spacial score (nSPS) is 15.3. The molecule has 1 saturated heterocycles. The highest BCUT2D eigenvalue weighted by molar-refractivity contribution is 5.80. The topological polar surface area (TPSA) is 79.0 Å². The molecule has 2 aromatic heterocycles. The van der Waals surface area contributed by atoms with Gasteiger partial charge >= 0.3 is 0 Å². The van der Waals surface area contributed by atoms with Gasteiger partial charge in [0, 0.05) is 58.8 Å². The molecule has 0 amide bonds. The minimum Gasteiger partial charge on any atom is -0.467 e. The third-order valence-electron chi connectivity index (χ3n) is 4.20. The molecule has 0 aliphatic carbocycles. The van der Waals surface area contributed by atoms with E-state index in [-0.39, 0.29) is 0 Å². The van der Waals surface area contributed by atoms with Gasteiger partial charge in [0.25, 0.3) is 0 Å². The molecule has 8 nitrogen and oxygen atoms in total. The first-order valence-electron chi connectivity index (χ1n) is 8.94. The van der Waals surface area contributed by atoms with Crippen LogP contribution < -0.4 is 10.2 Å². The number of piperazine rings is 1. The molecular formula is C18H26N6O2. The molecule has 1 fully saturated rings. The van der Waals surface area contributed by atoms with E-state index in [1.807, 2.05) is 25.2 Å². The summed E-state index contributed by atoms with van der Waals surface area (Å²) in [4.78, 5) is 17.5. The highest BCUT2D eigenvalue weighted by atomic mass is 16.5. The van der Waals surface area contributed by atoms with Crippen molar-refractivity contribution in [1.82, 2.24) is 20.2 Å². The molecule has 26 heavy (non-hydrogen) atoms. The van der Waals surface area contributed by atoms with E-state index in [0.717, 1.165) is 56.8 Å². The number of guanidine groups is 1.